The fourth-order valence-electron chi connectivity index (χ4n) is 2.02. The lowest BCUT2D eigenvalue weighted by atomic mass is 10.1. The van der Waals surface area contributed by atoms with Gasteiger partial charge in [0.25, 0.3) is 5.56 Å². The molecular weight excluding hydrogens is 256 g/mol. The van der Waals surface area contributed by atoms with Crippen molar-refractivity contribution in [2.24, 2.45) is 14.1 Å². The quantitative estimate of drug-likeness (QED) is 0.857. The third-order valence-electron chi connectivity index (χ3n) is 3.30. The molecule has 0 aliphatic heterocycles. The van der Waals surface area contributed by atoms with Gasteiger partial charge in [-0.05, 0) is 24.1 Å². The predicted molar refractivity (Wildman–Crippen MR) is 76.4 cm³/mol. The van der Waals surface area contributed by atoms with Crippen LogP contribution >= 0.6 is 0 Å². The normalized spacial score (nSPS) is 10.8. The lowest BCUT2D eigenvalue weighted by Gasteiger charge is -2.09. The molecule has 0 unspecified atom stereocenters. The second-order valence-corrected chi connectivity index (χ2v) is 4.82. The molecule has 0 aliphatic carbocycles. The van der Waals surface area contributed by atoms with Crippen molar-refractivity contribution in [2.45, 2.75) is 20.0 Å². The van der Waals surface area contributed by atoms with E-state index < -0.39 is 0 Å². The van der Waals surface area contributed by atoms with Crippen LogP contribution in [0.4, 0.5) is 0 Å². The lowest BCUT2D eigenvalue weighted by molar-refractivity contribution is 0.629. The van der Waals surface area contributed by atoms with Crippen molar-refractivity contribution in [1.82, 2.24) is 19.4 Å². The van der Waals surface area contributed by atoms with E-state index in [9.17, 15) is 9.59 Å². The van der Waals surface area contributed by atoms with Gasteiger partial charge in [0.2, 0.25) is 0 Å². The smallest absolute Gasteiger partial charge is 0.308 e. The summed E-state index contributed by atoms with van der Waals surface area (Å²) in [7, 11) is 3.12. The van der Waals surface area contributed by atoms with Crippen LogP contribution in [0.2, 0.25) is 0 Å². The molecule has 0 aliphatic rings. The van der Waals surface area contributed by atoms with Crippen molar-refractivity contribution < 1.29 is 0 Å². The Hall–Kier alpha value is -2.21. The summed E-state index contributed by atoms with van der Waals surface area (Å²) in [5.41, 5.74) is 2.23. The van der Waals surface area contributed by atoms with E-state index >= 15 is 0 Å². The van der Waals surface area contributed by atoms with Crippen LogP contribution < -0.4 is 16.6 Å². The van der Waals surface area contributed by atoms with Gasteiger partial charge in [0.05, 0.1) is 0 Å². The number of aryl methyl sites for hydroxylation is 2. The van der Waals surface area contributed by atoms with E-state index in [0.29, 0.717) is 18.7 Å². The highest BCUT2D eigenvalue weighted by atomic mass is 16.2. The zero-order chi connectivity index (χ0) is 14.7. The summed E-state index contributed by atoms with van der Waals surface area (Å²) in [5.74, 6) is 0. The molecule has 106 valence electrons. The van der Waals surface area contributed by atoms with Crippen LogP contribution in [0.1, 0.15) is 16.7 Å². The van der Waals surface area contributed by atoms with E-state index in [0.717, 1.165) is 15.7 Å². The SMILES string of the molecule is Cc1ccncc1CNCc1cn(C)c(=O)n(C)c1=O. The molecule has 2 heterocycles. The van der Waals surface area contributed by atoms with Gasteiger partial charge >= 0.3 is 5.69 Å². The molecule has 0 saturated heterocycles. The van der Waals surface area contributed by atoms with E-state index in [1.165, 1.54) is 11.6 Å². The number of hydrogen-bond donors (Lipinski definition) is 1. The number of aromatic nitrogens is 3. The number of rotatable bonds is 4. The molecule has 0 fully saturated rings. The van der Waals surface area contributed by atoms with E-state index in [-0.39, 0.29) is 11.2 Å². The molecule has 2 aromatic heterocycles. The molecule has 2 rings (SSSR count). The highest BCUT2D eigenvalue weighted by molar-refractivity contribution is 5.21. The summed E-state index contributed by atoms with van der Waals surface area (Å²) in [6.07, 6.45) is 5.14. The first-order chi connectivity index (χ1) is 9.50. The van der Waals surface area contributed by atoms with Gasteiger partial charge in [0.15, 0.2) is 0 Å². The van der Waals surface area contributed by atoms with Crippen molar-refractivity contribution in [3.05, 3.63) is 62.2 Å². The van der Waals surface area contributed by atoms with Crippen LogP contribution in [-0.2, 0) is 27.2 Å². The standard InChI is InChI=1S/C14H18N4O2/c1-10-4-5-15-6-11(10)7-16-8-12-9-17(2)14(20)18(3)13(12)19/h4-6,9,16H,7-8H2,1-3H3. The topological polar surface area (TPSA) is 68.9 Å². The van der Waals surface area contributed by atoms with Crippen LogP contribution in [0.3, 0.4) is 0 Å². The molecule has 0 amide bonds. The van der Waals surface area contributed by atoms with E-state index in [2.05, 4.69) is 10.3 Å². The summed E-state index contributed by atoms with van der Waals surface area (Å²) in [6, 6.07) is 1.95. The fraction of sp³-hybridized carbons (Fsp3) is 0.357. The monoisotopic (exact) mass is 274 g/mol. The lowest BCUT2D eigenvalue weighted by Crippen LogP contribution is -2.39. The summed E-state index contributed by atoms with van der Waals surface area (Å²) in [5, 5.41) is 3.20. The largest absolute Gasteiger partial charge is 0.330 e. The molecule has 0 spiro atoms. The van der Waals surface area contributed by atoms with Crippen LogP contribution in [-0.4, -0.2) is 14.1 Å². The van der Waals surface area contributed by atoms with Crippen LogP contribution in [0.15, 0.2) is 34.2 Å². The van der Waals surface area contributed by atoms with Gasteiger partial charge in [-0.1, -0.05) is 0 Å². The molecule has 2 aromatic rings. The molecule has 0 radical (unpaired) electrons. The molecule has 1 N–H and O–H groups in total. The van der Waals surface area contributed by atoms with Crippen molar-refractivity contribution >= 4 is 0 Å². The van der Waals surface area contributed by atoms with Crippen LogP contribution in [0.5, 0.6) is 0 Å². The van der Waals surface area contributed by atoms with E-state index in [4.69, 9.17) is 0 Å². The fourth-order valence-corrected chi connectivity index (χ4v) is 2.02. The van der Waals surface area contributed by atoms with Crippen molar-refractivity contribution in [3.63, 3.8) is 0 Å². The maximum absolute atomic E-state index is 11.9. The highest BCUT2D eigenvalue weighted by Crippen LogP contribution is 2.04. The first kappa shape index (κ1) is 14.2. The molecule has 0 aromatic carbocycles. The van der Waals surface area contributed by atoms with Crippen LogP contribution in [0, 0.1) is 6.92 Å². The van der Waals surface area contributed by atoms with Gasteiger partial charge in [-0.2, -0.15) is 0 Å². The third kappa shape index (κ3) is 2.85. The summed E-state index contributed by atoms with van der Waals surface area (Å²) >= 11 is 0. The van der Waals surface area contributed by atoms with Gasteiger partial charge in [-0.3, -0.25) is 14.3 Å². The Kier molecular flexibility index (Phi) is 4.14. The van der Waals surface area contributed by atoms with E-state index in [1.54, 1.807) is 25.6 Å². The molecular formula is C14H18N4O2. The van der Waals surface area contributed by atoms with Crippen molar-refractivity contribution in [1.29, 1.82) is 0 Å². The van der Waals surface area contributed by atoms with Gasteiger partial charge in [0, 0.05) is 51.3 Å². The molecule has 6 heteroatoms. The summed E-state index contributed by atoms with van der Waals surface area (Å²) < 4.78 is 2.53. The second-order valence-electron chi connectivity index (χ2n) is 4.82. The Morgan fingerprint density at radius 3 is 2.60 bits per heavy atom. The molecule has 20 heavy (non-hydrogen) atoms. The Morgan fingerprint density at radius 2 is 1.90 bits per heavy atom. The minimum absolute atomic E-state index is 0.261. The van der Waals surface area contributed by atoms with E-state index in [1.807, 2.05) is 13.0 Å². The average molecular weight is 274 g/mol. The molecule has 0 atom stereocenters. The number of pyridine rings is 1. The van der Waals surface area contributed by atoms with Crippen LogP contribution in [0.25, 0.3) is 0 Å². The Labute approximate surface area is 116 Å². The predicted octanol–water partition coefficient (Wildman–Crippen LogP) is 0.0772. The summed E-state index contributed by atoms with van der Waals surface area (Å²) in [4.78, 5) is 27.6. The third-order valence-corrected chi connectivity index (χ3v) is 3.30. The first-order valence-electron chi connectivity index (χ1n) is 6.36. The van der Waals surface area contributed by atoms with Gasteiger partial charge in [-0.25, -0.2) is 4.79 Å². The van der Waals surface area contributed by atoms with Gasteiger partial charge in [0.1, 0.15) is 0 Å². The van der Waals surface area contributed by atoms with Crippen molar-refractivity contribution in [3.8, 4) is 0 Å². The van der Waals surface area contributed by atoms with Crippen molar-refractivity contribution in [2.75, 3.05) is 0 Å². The second kappa shape index (κ2) is 5.83. The minimum Gasteiger partial charge on any atom is -0.308 e. The number of nitrogens with zero attached hydrogens (tertiary/aromatic N) is 3. The minimum atomic E-state index is -0.318. The van der Waals surface area contributed by atoms with Gasteiger partial charge < -0.3 is 9.88 Å². The van der Waals surface area contributed by atoms with Gasteiger partial charge in [-0.15, -0.1) is 0 Å². The maximum atomic E-state index is 11.9. The number of nitrogens with one attached hydrogen (secondary N) is 1. The Bertz CT molecular complexity index is 731. The number of hydrogen-bond acceptors (Lipinski definition) is 4. The zero-order valence-corrected chi connectivity index (χ0v) is 11.9. The first-order valence-corrected chi connectivity index (χ1v) is 6.36. The Morgan fingerprint density at radius 1 is 1.20 bits per heavy atom. The molecule has 0 saturated carbocycles. The zero-order valence-electron chi connectivity index (χ0n) is 11.9. The highest BCUT2D eigenvalue weighted by Gasteiger charge is 2.06. The average Bonchev–Trinajstić information content (AvgIpc) is 2.44. The summed E-state index contributed by atoms with van der Waals surface area (Å²) in [6.45, 7) is 3.06. The Balaban J connectivity index is 2.11. The molecule has 0 bridgehead atoms. The maximum Gasteiger partial charge on any atom is 0.330 e. The molecule has 6 nitrogen and oxygen atoms in total.